The van der Waals surface area contributed by atoms with E-state index < -0.39 is 6.10 Å². The number of aliphatic hydroxyl groups excluding tert-OH is 1. The minimum atomic E-state index is -0.563. The Labute approximate surface area is 218 Å². The van der Waals surface area contributed by atoms with E-state index in [0.717, 1.165) is 24.2 Å². The van der Waals surface area contributed by atoms with Crippen LogP contribution in [0, 0.1) is 12.7 Å². The fourth-order valence-corrected chi connectivity index (χ4v) is 4.26. The zero-order valence-corrected chi connectivity index (χ0v) is 22.2. The molecule has 0 spiro atoms. The van der Waals surface area contributed by atoms with Crippen molar-refractivity contribution in [1.29, 1.82) is 0 Å². The molecule has 1 saturated heterocycles. The first-order valence-electron chi connectivity index (χ1n) is 12.1. The maximum Gasteiger partial charge on any atom is 0.306 e. The van der Waals surface area contributed by atoms with Gasteiger partial charge < -0.3 is 19.5 Å². The highest BCUT2D eigenvalue weighted by Crippen LogP contribution is 2.24. The molecule has 8 heteroatoms. The first kappa shape index (κ1) is 29.5. The lowest BCUT2D eigenvalue weighted by Crippen LogP contribution is -2.33. The van der Waals surface area contributed by atoms with E-state index in [1.807, 2.05) is 26.0 Å². The molecule has 0 radical (unpaired) electrons. The summed E-state index contributed by atoms with van der Waals surface area (Å²) in [4.78, 5) is 13.8. The van der Waals surface area contributed by atoms with E-state index in [4.69, 9.17) is 32.7 Å². The number of β-amino-alcohol motifs (C(OH)–C–C–N with tert-alkyl or cyclic N) is 1. The molecule has 194 valence electrons. The van der Waals surface area contributed by atoms with Crippen molar-refractivity contribution in [1.82, 2.24) is 4.90 Å². The van der Waals surface area contributed by atoms with Gasteiger partial charge in [-0.3, -0.25) is 4.79 Å². The molecule has 2 aromatic carbocycles. The van der Waals surface area contributed by atoms with Crippen LogP contribution in [0.25, 0.3) is 0 Å². The molecule has 2 aromatic rings. The molecule has 2 atom stereocenters. The summed E-state index contributed by atoms with van der Waals surface area (Å²) < 4.78 is 24.4. The van der Waals surface area contributed by atoms with Crippen LogP contribution in [-0.2, 0) is 20.7 Å². The maximum absolute atomic E-state index is 13.7. The lowest BCUT2D eigenvalue weighted by Gasteiger charge is -2.22. The fourth-order valence-electron chi connectivity index (χ4n) is 3.90. The third kappa shape index (κ3) is 10.8. The minimum absolute atomic E-state index is 0.200. The van der Waals surface area contributed by atoms with Crippen LogP contribution in [0.5, 0.6) is 0 Å². The van der Waals surface area contributed by atoms with E-state index in [-0.39, 0.29) is 30.9 Å². The van der Waals surface area contributed by atoms with Gasteiger partial charge in [-0.15, -0.1) is 0 Å². The largest absolute Gasteiger partial charge is 0.466 e. The van der Waals surface area contributed by atoms with Crippen molar-refractivity contribution in [3.8, 4) is 0 Å². The third-order valence-corrected chi connectivity index (χ3v) is 6.47. The van der Waals surface area contributed by atoms with Crippen molar-refractivity contribution < 1.29 is 23.8 Å². The summed E-state index contributed by atoms with van der Waals surface area (Å²) in [6.45, 7) is 8.78. The second kappa shape index (κ2) is 15.4. The molecule has 1 fully saturated rings. The molecule has 5 nitrogen and oxygen atoms in total. The lowest BCUT2D eigenvalue weighted by molar-refractivity contribution is -0.143. The van der Waals surface area contributed by atoms with Gasteiger partial charge in [-0.25, -0.2) is 4.39 Å². The maximum atomic E-state index is 13.7. The number of carbonyl (C=O) groups excluding carboxylic acids is 1. The van der Waals surface area contributed by atoms with Gasteiger partial charge in [0.25, 0.3) is 0 Å². The summed E-state index contributed by atoms with van der Waals surface area (Å²) in [5.74, 6) is -0.606. The smallest absolute Gasteiger partial charge is 0.306 e. The Morgan fingerprint density at radius 3 is 2.49 bits per heavy atom. The number of benzene rings is 2. The Bertz CT molecular complexity index is 937. The second-order valence-corrected chi connectivity index (χ2v) is 9.52. The first-order chi connectivity index (χ1) is 16.7. The molecular formula is C27H36Cl2FNO4. The van der Waals surface area contributed by atoms with E-state index in [2.05, 4.69) is 4.90 Å². The number of likely N-dealkylation sites (tertiary alicyclic amines) is 1. The number of aryl methyl sites for hydroxylation is 2. The number of hydrogen-bond acceptors (Lipinski definition) is 5. The molecular weight excluding hydrogens is 492 g/mol. The molecule has 1 N–H and O–H groups in total. The van der Waals surface area contributed by atoms with Crippen molar-refractivity contribution in [3.63, 3.8) is 0 Å². The van der Waals surface area contributed by atoms with E-state index in [0.29, 0.717) is 35.2 Å². The molecule has 0 aliphatic carbocycles. The molecule has 1 aliphatic heterocycles. The average Bonchev–Trinajstić information content (AvgIpc) is 3.33. The Morgan fingerprint density at radius 1 is 1.14 bits per heavy atom. The van der Waals surface area contributed by atoms with Crippen LogP contribution in [0.2, 0.25) is 10.0 Å². The van der Waals surface area contributed by atoms with Gasteiger partial charge in [0, 0.05) is 13.0 Å². The molecule has 3 rings (SSSR count). The second-order valence-electron chi connectivity index (χ2n) is 8.70. The molecule has 0 aromatic heterocycles. The number of nitrogens with zero attached hydrogens (tertiary/aromatic N) is 1. The highest BCUT2D eigenvalue weighted by Gasteiger charge is 2.19. The fraction of sp³-hybridized carbons (Fsp3) is 0.519. The summed E-state index contributed by atoms with van der Waals surface area (Å²) in [6, 6.07) is 10.1. The zero-order chi connectivity index (χ0) is 25.8. The van der Waals surface area contributed by atoms with E-state index in [1.54, 1.807) is 19.1 Å². The predicted octanol–water partition coefficient (Wildman–Crippen LogP) is 6.16. The highest BCUT2D eigenvalue weighted by atomic mass is 35.5. The van der Waals surface area contributed by atoms with Crippen molar-refractivity contribution in [2.45, 2.75) is 58.7 Å². The van der Waals surface area contributed by atoms with Gasteiger partial charge >= 0.3 is 5.97 Å². The Kier molecular flexibility index (Phi) is 13.0. The Morgan fingerprint density at radius 2 is 1.86 bits per heavy atom. The van der Waals surface area contributed by atoms with E-state index in [1.165, 1.54) is 25.0 Å². The number of esters is 1. The van der Waals surface area contributed by atoms with Gasteiger partial charge in [-0.1, -0.05) is 35.3 Å². The number of rotatable bonds is 10. The van der Waals surface area contributed by atoms with Gasteiger partial charge in [-0.2, -0.15) is 0 Å². The van der Waals surface area contributed by atoms with Gasteiger partial charge in [0.15, 0.2) is 0 Å². The molecule has 1 aliphatic rings. The molecule has 35 heavy (non-hydrogen) atoms. The molecule has 0 saturated carbocycles. The summed E-state index contributed by atoms with van der Waals surface area (Å²) in [5.41, 5.74) is 2.70. The minimum Gasteiger partial charge on any atom is -0.466 e. The predicted molar refractivity (Wildman–Crippen MR) is 139 cm³/mol. The van der Waals surface area contributed by atoms with Gasteiger partial charge in [0.2, 0.25) is 0 Å². The number of aliphatic hydroxyl groups is 1. The molecule has 2 unspecified atom stereocenters. The third-order valence-electron chi connectivity index (χ3n) is 5.73. The van der Waals surface area contributed by atoms with Crippen LogP contribution in [0.3, 0.4) is 0 Å². The molecule has 0 amide bonds. The summed E-state index contributed by atoms with van der Waals surface area (Å²) >= 11 is 11.3. The topological polar surface area (TPSA) is 59.0 Å². The zero-order valence-electron chi connectivity index (χ0n) is 20.7. The highest BCUT2D eigenvalue weighted by molar-refractivity contribution is 6.42. The van der Waals surface area contributed by atoms with Crippen molar-refractivity contribution in [2.75, 3.05) is 32.8 Å². The Hall–Kier alpha value is -1.70. The van der Waals surface area contributed by atoms with Crippen LogP contribution in [0.15, 0.2) is 36.4 Å². The van der Waals surface area contributed by atoms with Gasteiger partial charge in [0.05, 0.1) is 35.5 Å². The van der Waals surface area contributed by atoms with Crippen LogP contribution in [0.1, 0.15) is 55.9 Å². The van der Waals surface area contributed by atoms with Crippen molar-refractivity contribution >= 4 is 29.2 Å². The van der Waals surface area contributed by atoms with E-state index in [9.17, 15) is 14.3 Å². The monoisotopic (exact) mass is 527 g/mol. The number of ether oxygens (including phenoxy) is 2. The van der Waals surface area contributed by atoms with Crippen LogP contribution >= 0.6 is 23.2 Å². The van der Waals surface area contributed by atoms with Crippen LogP contribution < -0.4 is 0 Å². The SMILES string of the molecule is CCOC(=O)CCc1ccc(F)cc1C(C)OCC(O)CN1CCCC1.Cc1ccc(Cl)c(Cl)c1. The van der Waals surface area contributed by atoms with E-state index >= 15 is 0 Å². The first-order valence-corrected chi connectivity index (χ1v) is 12.8. The average molecular weight is 528 g/mol. The lowest BCUT2D eigenvalue weighted by atomic mass is 9.99. The molecule has 1 heterocycles. The van der Waals surface area contributed by atoms with Gasteiger partial charge in [-0.05, 0) is 94.1 Å². The number of halogens is 3. The van der Waals surface area contributed by atoms with Crippen LogP contribution in [0.4, 0.5) is 4.39 Å². The van der Waals surface area contributed by atoms with Crippen molar-refractivity contribution in [3.05, 3.63) is 69.0 Å². The summed E-state index contributed by atoms with van der Waals surface area (Å²) in [7, 11) is 0. The number of carbonyl (C=O) groups is 1. The summed E-state index contributed by atoms with van der Waals surface area (Å²) in [6.07, 6.45) is 2.15. The summed E-state index contributed by atoms with van der Waals surface area (Å²) in [5, 5.41) is 11.4. The quantitative estimate of drug-likeness (QED) is 0.375. The molecule has 0 bridgehead atoms. The normalized spacial score (nSPS) is 15.3. The van der Waals surface area contributed by atoms with Crippen LogP contribution in [-0.4, -0.2) is 54.9 Å². The Balaban J connectivity index is 0.000000402. The van der Waals surface area contributed by atoms with Crippen molar-refractivity contribution in [2.24, 2.45) is 0 Å². The standard InChI is InChI=1S/C20H30FNO4.C7H6Cl2/c1-3-25-20(24)9-7-16-6-8-17(21)12-19(16)15(2)26-14-18(23)13-22-10-4-5-11-22;1-5-2-3-6(8)7(9)4-5/h6,8,12,15,18,23H,3-5,7,9-11,13-14H2,1-2H3;2-4H,1H3. The number of hydrogen-bond donors (Lipinski definition) is 1. The van der Waals surface area contributed by atoms with Gasteiger partial charge in [0.1, 0.15) is 5.82 Å².